The average Bonchev–Trinajstić information content (AvgIpc) is 2.14. The molecule has 1 atom stereocenters. The van der Waals surface area contributed by atoms with E-state index in [1.165, 1.54) is 0 Å². The zero-order valence-electron chi connectivity index (χ0n) is 7.90. The Morgan fingerprint density at radius 1 is 1.50 bits per heavy atom. The van der Waals surface area contributed by atoms with Crippen molar-refractivity contribution in [2.75, 3.05) is 6.54 Å². The zero-order chi connectivity index (χ0) is 11.0. The van der Waals surface area contributed by atoms with Crippen molar-refractivity contribution in [3.63, 3.8) is 0 Å². The first-order valence-electron chi connectivity index (χ1n) is 4.36. The summed E-state index contributed by atoms with van der Waals surface area (Å²) in [6.45, 7) is 3.64. The van der Waals surface area contributed by atoms with Crippen LogP contribution in [0.4, 0.5) is 0 Å². The van der Waals surface area contributed by atoms with Gasteiger partial charge in [0.05, 0.1) is 0 Å². The second-order valence-corrected chi connectivity index (χ2v) is 2.82. The highest BCUT2D eigenvalue weighted by Crippen LogP contribution is 1.92. The van der Waals surface area contributed by atoms with Crippen molar-refractivity contribution in [2.24, 2.45) is 0 Å². The molecule has 14 heavy (non-hydrogen) atoms. The fourth-order valence-electron chi connectivity index (χ4n) is 0.793. The molecule has 0 spiro atoms. The highest BCUT2D eigenvalue weighted by Gasteiger charge is 2.12. The maximum atomic E-state index is 11.0. The Labute approximate surface area is 82.4 Å². The van der Waals surface area contributed by atoms with Crippen LogP contribution in [-0.4, -0.2) is 34.7 Å². The van der Waals surface area contributed by atoms with Gasteiger partial charge in [-0.2, -0.15) is 0 Å². The molecule has 0 fully saturated rings. The average molecular weight is 201 g/mol. The van der Waals surface area contributed by atoms with Gasteiger partial charge in [-0.3, -0.25) is 4.79 Å². The number of aliphatic hydroxyl groups excluding tert-OH is 1. The molecular weight excluding hydrogens is 186 g/mol. The van der Waals surface area contributed by atoms with Gasteiger partial charge in [0.2, 0.25) is 5.91 Å². The van der Waals surface area contributed by atoms with E-state index in [0.29, 0.717) is 12.8 Å². The first-order chi connectivity index (χ1) is 6.57. The maximum absolute atomic E-state index is 11.0. The van der Waals surface area contributed by atoms with E-state index < -0.39 is 12.1 Å². The van der Waals surface area contributed by atoms with Crippen LogP contribution in [0.25, 0.3) is 0 Å². The van der Waals surface area contributed by atoms with Gasteiger partial charge in [-0.1, -0.05) is 6.08 Å². The number of carbonyl (C=O) groups excluding carboxylic acids is 1. The summed E-state index contributed by atoms with van der Waals surface area (Å²) in [5.74, 6) is -1.44. The van der Waals surface area contributed by atoms with E-state index in [-0.39, 0.29) is 18.9 Å². The van der Waals surface area contributed by atoms with Gasteiger partial charge in [0.25, 0.3) is 0 Å². The third kappa shape index (κ3) is 6.19. The molecule has 0 radical (unpaired) electrons. The molecule has 0 rings (SSSR count). The summed E-state index contributed by atoms with van der Waals surface area (Å²) in [6.07, 6.45) is 1.18. The third-order valence-corrected chi connectivity index (χ3v) is 1.60. The van der Waals surface area contributed by atoms with Crippen LogP contribution in [0.5, 0.6) is 0 Å². The second-order valence-electron chi connectivity index (χ2n) is 2.82. The van der Waals surface area contributed by atoms with Crippen LogP contribution < -0.4 is 5.32 Å². The predicted octanol–water partition coefficient (Wildman–Crippen LogP) is -0.0956. The molecule has 1 amide bonds. The summed E-state index contributed by atoms with van der Waals surface area (Å²) >= 11 is 0. The third-order valence-electron chi connectivity index (χ3n) is 1.60. The molecule has 5 heteroatoms. The number of carboxylic acids is 1. The molecular formula is C9H15NO4. The van der Waals surface area contributed by atoms with Crippen molar-refractivity contribution >= 4 is 11.9 Å². The molecule has 0 aliphatic heterocycles. The van der Waals surface area contributed by atoms with Gasteiger partial charge in [0, 0.05) is 19.4 Å². The van der Waals surface area contributed by atoms with Gasteiger partial charge in [-0.25, -0.2) is 4.79 Å². The quantitative estimate of drug-likeness (QED) is 0.502. The summed E-state index contributed by atoms with van der Waals surface area (Å²) in [6, 6.07) is 0. The number of aliphatic hydroxyl groups is 1. The standard InChI is InChI=1S/C9H15NO4/c1-2-3-4-8(12)10-6-5-7(11)9(13)14/h2,7,11H,1,3-6H2,(H,10,12)(H,13,14)/t7-/m0/s1. The minimum absolute atomic E-state index is 0.0230. The van der Waals surface area contributed by atoms with Crippen LogP contribution in [0.1, 0.15) is 19.3 Å². The zero-order valence-corrected chi connectivity index (χ0v) is 7.90. The molecule has 0 aliphatic rings. The minimum atomic E-state index is -1.41. The highest BCUT2D eigenvalue weighted by atomic mass is 16.4. The van der Waals surface area contributed by atoms with Crippen LogP contribution in [-0.2, 0) is 9.59 Å². The van der Waals surface area contributed by atoms with E-state index in [9.17, 15) is 9.59 Å². The van der Waals surface area contributed by atoms with E-state index in [2.05, 4.69) is 11.9 Å². The Bertz CT molecular complexity index is 215. The summed E-state index contributed by atoms with van der Waals surface area (Å²) in [7, 11) is 0. The lowest BCUT2D eigenvalue weighted by Crippen LogP contribution is -2.29. The van der Waals surface area contributed by atoms with Crippen molar-refractivity contribution in [2.45, 2.75) is 25.4 Å². The molecule has 0 aromatic heterocycles. The van der Waals surface area contributed by atoms with Gasteiger partial charge >= 0.3 is 5.97 Å². The topological polar surface area (TPSA) is 86.6 Å². The van der Waals surface area contributed by atoms with Crippen LogP contribution in [0.15, 0.2) is 12.7 Å². The molecule has 0 aromatic rings. The molecule has 0 aliphatic carbocycles. The van der Waals surface area contributed by atoms with Crippen molar-refractivity contribution in [1.29, 1.82) is 0 Å². The predicted molar refractivity (Wildman–Crippen MR) is 50.7 cm³/mol. The summed E-state index contributed by atoms with van der Waals surface area (Å²) in [5, 5.41) is 19.7. The first-order valence-corrected chi connectivity index (χ1v) is 4.36. The van der Waals surface area contributed by atoms with Crippen LogP contribution >= 0.6 is 0 Å². The van der Waals surface area contributed by atoms with E-state index in [4.69, 9.17) is 10.2 Å². The Balaban J connectivity index is 3.48. The molecule has 0 saturated heterocycles. The fourth-order valence-corrected chi connectivity index (χ4v) is 0.793. The molecule has 5 nitrogen and oxygen atoms in total. The number of carbonyl (C=O) groups is 2. The Hall–Kier alpha value is -1.36. The number of hydrogen-bond acceptors (Lipinski definition) is 3. The molecule has 0 heterocycles. The molecule has 0 bridgehead atoms. The monoisotopic (exact) mass is 201 g/mol. The lowest BCUT2D eigenvalue weighted by molar-refractivity contribution is -0.147. The largest absolute Gasteiger partial charge is 0.479 e. The summed E-state index contributed by atoms with van der Waals surface area (Å²) in [4.78, 5) is 21.1. The van der Waals surface area contributed by atoms with Gasteiger partial charge < -0.3 is 15.5 Å². The highest BCUT2D eigenvalue weighted by molar-refractivity contribution is 5.76. The lowest BCUT2D eigenvalue weighted by atomic mass is 10.2. The number of nitrogens with one attached hydrogen (secondary N) is 1. The van der Waals surface area contributed by atoms with Crippen LogP contribution in [0.3, 0.4) is 0 Å². The smallest absolute Gasteiger partial charge is 0.332 e. The summed E-state index contributed by atoms with van der Waals surface area (Å²) < 4.78 is 0. The number of aliphatic carboxylic acids is 1. The summed E-state index contributed by atoms with van der Waals surface area (Å²) in [5.41, 5.74) is 0. The van der Waals surface area contributed by atoms with Gasteiger partial charge in [0.1, 0.15) is 0 Å². The van der Waals surface area contributed by atoms with E-state index in [0.717, 1.165) is 0 Å². The van der Waals surface area contributed by atoms with E-state index >= 15 is 0 Å². The molecule has 0 saturated carbocycles. The lowest BCUT2D eigenvalue weighted by Gasteiger charge is -2.06. The minimum Gasteiger partial charge on any atom is -0.479 e. The number of hydrogen-bond donors (Lipinski definition) is 3. The fraction of sp³-hybridized carbons (Fsp3) is 0.556. The van der Waals surface area contributed by atoms with Crippen molar-refractivity contribution in [3.8, 4) is 0 Å². The normalized spacial score (nSPS) is 11.8. The van der Waals surface area contributed by atoms with Gasteiger partial charge in [0.15, 0.2) is 6.10 Å². The molecule has 0 aromatic carbocycles. The van der Waals surface area contributed by atoms with Crippen LogP contribution in [0.2, 0.25) is 0 Å². The number of amides is 1. The van der Waals surface area contributed by atoms with Crippen molar-refractivity contribution in [1.82, 2.24) is 5.32 Å². The van der Waals surface area contributed by atoms with Crippen LogP contribution in [0, 0.1) is 0 Å². The first kappa shape index (κ1) is 12.6. The van der Waals surface area contributed by atoms with Gasteiger partial charge in [-0.15, -0.1) is 6.58 Å². The van der Waals surface area contributed by atoms with Crippen molar-refractivity contribution in [3.05, 3.63) is 12.7 Å². The number of carboxylic acid groups (broad SMARTS) is 1. The second kappa shape index (κ2) is 7.08. The Morgan fingerprint density at radius 3 is 2.64 bits per heavy atom. The van der Waals surface area contributed by atoms with E-state index in [1.807, 2.05) is 0 Å². The molecule has 3 N–H and O–H groups in total. The number of allylic oxidation sites excluding steroid dienone is 1. The Kier molecular flexibility index (Phi) is 6.39. The SMILES string of the molecule is C=CCCC(=O)NCC[C@H](O)C(=O)O. The van der Waals surface area contributed by atoms with Crippen molar-refractivity contribution < 1.29 is 19.8 Å². The van der Waals surface area contributed by atoms with Gasteiger partial charge in [-0.05, 0) is 6.42 Å². The van der Waals surface area contributed by atoms with E-state index in [1.54, 1.807) is 6.08 Å². The molecule has 80 valence electrons. The Morgan fingerprint density at radius 2 is 2.14 bits per heavy atom. The maximum Gasteiger partial charge on any atom is 0.332 e. The molecule has 0 unspecified atom stereocenters. The number of rotatable bonds is 7.